The van der Waals surface area contributed by atoms with Gasteiger partial charge in [-0.1, -0.05) is 19.3 Å². The van der Waals surface area contributed by atoms with Crippen LogP contribution in [-0.4, -0.2) is 27.2 Å². The van der Waals surface area contributed by atoms with Gasteiger partial charge in [0.1, 0.15) is 5.82 Å². The molecule has 1 saturated carbocycles. The lowest BCUT2D eigenvalue weighted by Crippen LogP contribution is -2.49. The van der Waals surface area contributed by atoms with Crippen LogP contribution in [0.1, 0.15) is 37.9 Å². The molecule has 1 heterocycles. The molecule has 16 heavy (non-hydrogen) atoms. The second-order valence-electron chi connectivity index (χ2n) is 4.52. The smallest absolute Gasteiger partial charge is 0.141 e. The van der Waals surface area contributed by atoms with Crippen molar-refractivity contribution in [2.75, 3.05) is 6.61 Å². The van der Waals surface area contributed by atoms with Gasteiger partial charge in [-0.15, -0.1) is 0 Å². The predicted octanol–water partition coefficient (Wildman–Crippen LogP) is 1.26. The second-order valence-corrected chi connectivity index (χ2v) is 4.52. The Balaban J connectivity index is 1.92. The first kappa shape index (κ1) is 11.5. The van der Waals surface area contributed by atoms with Crippen LogP contribution in [0.15, 0.2) is 18.5 Å². The highest BCUT2D eigenvalue weighted by Crippen LogP contribution is 2.27. The van der Waals surface area contributed by atoms with E-state index in [0.29, 0.717) is 6.54 Å². The Kier molecular flexibility index (Phi) is 3.85. The Morgan fingerprint density at radius 3 is 2.50 bits per heavy atom. The van der Waals surface area contributed by atoms with E-state index in [1.165, 1.54) is 19.3 Å². The third-order valence-electron chi connectivity index (χ3n) is 3.35. The van der Waals surface area contributed by atoms with Crippen molar-refractivity contribution in [3.05, 3.63) is 24.3 Å². The molecule has 1 aromatic heterocycles. The molecule has 0 aliphatic heterocycles. The lowest BCUT2D eigenvalue weighted by Gasteiger charge is -2.36. The molecule has 0 radical (unpaired) electrons. The largest absolute Gasteiger partial charge is 0.394 e. The topological polar surface area (TPSA) is 58.0 Å². The molecule has 1 aromatic rings. The molecule has 88 valence electrons. The minimum absolute atomic E-state index is 0.0998. The number of rotatable bonds is 4. The molecule has 0 saturated heterocycles. The maximum absolute atomic E-state index is 9.52. The monoisotopic (exact) mass is 221 g/mol. The van der Waals surface area contributed by atoms with Crippen molar-refractivity contribution in [3.8, 4) is 0 Å². The van der Waals surface area contributed by atoms with Crippen LogP contribution >= 0.6 is 0 Å². The summed E-state index contributed by atoms with van der Waals surface area (Å²) in [5.41, 5.74) is -0.0998. The summed E-state index contributed by atoms with van der Waals surface area (Å²) in [6, 6.07) is 1.81. The molecule has 4 nitrogen and oxygen atoms in total. The van der Waals surface area contributed by atoms with E-state index in [1.54, 1.807) is 12.4 Å². The van der Waals surface area contributed by atoms with Crippen molar-refractivity contribution in [3.63, 3.8) is 0 Å². The van der Waals surface area contributed by atoms with E-state index in [9.17, 15) is 5.11 Å². The van der Waals surface area contributed by atoms with Crippen LogP contribution in [0, 0.1) is 0 Å². The Morgan fingerprint density at radius 2 is 1.88 bits per heavy atom. The van der Waals surface area contributed by atoms with Gasteiger partial charge in [-0.3, -0.25) is 0 Å². The Morgan fingerprint density at radius 1 is 1.19 bits per heavy atom. The third-order valence-corrected chi connectivity index (χ3v) is 3.35. The highest BCUT2D eigenvalue weighted by atomic mass is 16.3. The van der Waals surface area contributed by atoms with Gasteiger partial charge >= 0.3 is 0 Å². The molecule has 1 aliphatic carbocycles. The molecule has 0 spiro atoms. The van der Waals surface area contributed by atoms with E-state index in [4.69, 9.17) is 0 Å². The maximum Gasteiger partial charge on any atom is 0.141 e. The average molecular weight is 221 g/mol. The molecule has 0 amide bonds. The highest BCUT2D eigenvalue weighted by molar-refractivity contribution is 4.94. The number of nitrogens with zero attached hydrogens (tertiary/aromatic N) is 2. The van der Waals surface area contributed by atoms with Crippen molar-refractivity contribution in [2.24, 2.45) is 0 Å². The summed E-state index contributed by atoms with van der Waals surface area (Å²) in [6.07, 6.45) is 9.28. The quantitative estimate of drug-likeness (QED) is 0.803. The first-order chi connectivity index (χ1) is 7.85. The van der Waals surface area contributed by atoms with Crippen LogP contribution in [0.3, 0.4) is 0 Å². The van der Waals surface area contributed by atoms with Crippen molar-refractivity contribution in [1.82, 2.24) is 15.3 Å². The summed E-state index contributed by atoms with van der Waals surface area (Å²) in [7, 11) is 0. The number of aliphatic hydroxyl groups is 1. The lowest BCUT2D eigenvalue weighted by atomic mass is 9.82. The fourth-order valence-electron chi connectivity index (χ4n) is 2.31. The molecule has 2 rings (SSSR count). The lowest BCUT2D eigenvalue weighted by molar-refractivity contribution is 0.119. The highest BCUT2D eigenvalue weighted by Gasteiger charge is 2.30. The molecular weight excluding hydrogens is 202 g/mol. The van der Waals surface area contributed by atoms with Gasteiger partial charge in [0.2, 0.25) is 0 Å². The van der Waals surface area contributed by atoms with Gasteiger partial charge in [0.25, 0.3) is 0 Å². The van der Waals surface area contributed by atoms with E-state index >= 15 is 0 Å². The fraction of sp³-hybridized carbons (Fsp3) is 0.667. The minimum atomic E-state index is -0.0998. The predicted molar refractivity (Wildman–Crippen MR) is 61.8 cm³/mol. The number of nitrogens with one attached hydrogen (secondary N) is 1. The van der Waals surface area contributed by atoms with E-state index in [2.05, 4.69) is 15.3 Å². The molecule has 0 unspecified atom stereocenters. The number of aromatic nitrogens is 2. The standard InChI is InChI=1S/C12H19N3O/c16-10-12(5-2-1-3-6-12)15-9-11-13-7-4-8-14-11/h4,7-8,15-16H,1-3,5-6,9-10H2. The van der Waals surface area contributed by atoms with Crippen LogP contribution in [-0.2, 0) is 6.54 Å². The number of aliphatic hydroxyl groups excluding tert-OH is 1. The zero-order valence-electron chi connectivity index (χ0n) is 9.52. The van der Waals surface area contributed by atoms with Gasteiger partial charge < -0.3 is 10.4 Å². The van der Waals surface area contributed by atoms with Gasteiger partial charge in [-0.2, -0.15) is 0 Å². The zero-order chi connectivity index (χ0) is 11.3. The van der Waals surface area contributed by atoms with Crippen molar-refractivity contribution >= 4 is 0 Å². The van der Waals surface area contributed by atoms with Crippen LogP contribution in [0.5, 0.6) is 0 Å². The first-order valence-corrected chi connectivity index (χ1v) is 5.96. The molecular formula is C12H19N3O. The summed E-state index contributed by atoms with van der Waals surface area (Å²) < 4.78 is 0. The van der Waals surface area contributed by atoms with E-state index in [0.717, 1.165) is 18.7 Å². The minimum Gasteiger partial charge on any atom is -0.394 e. The summed E-state index contributed by atoms with van der Waals surface area (Å²) in [6.45, 7) is 0.848. The molecule has 4 heteroatoms. The molecule has 0 bridgehead atoms. The third kappa shape index (κ3) is 2.77. The van der Waals surface area contributed by atoms with Crippen LogP contribution in [0.25, 0.3) is 0 Å². The van der Waals surface area contributed by atoms with Gasteiger partial charge in [0.05, 0.1) is 13.2 Å². The average Bonchev–Trinajstić information content (AvgIpc) is 2.39. The fourth-order valence-corrected chi connectivity index (χ4v) is 2.31. The Bertz CT molecular complexity index is 309. The van der Waals surface area contributed by atoms with Crippen molar-refractivity contribution < 1.29 is 5.11 Å². The second kappa shape index (κ2) is 5.37. The summed E-state index contributed by atoms with van der Waals surface area (Å²) >= 11 is 0. The van der Waals surface area contributed by atoms with Crippen LogP contribution in [0.2, 0.25) is 0 Å². The van der Waals surface area contributed by atoms with Crippen molar-refractivity contribution in [2.45, 2.75) is 44.2 Å². The number of hydrogen-bond donors (Lipinski definition) is 2. The van der Waals surface area contributed by atoms with Gasteiger partial charge in [-0.25, -0.2) is 9.97 Å². The van der Waals surface area contributed by atoms with E-state index < -0.39 is 0 Å². The van der Waals surface area contributed by atoms with Crippen LogP contribution < -0.4 is 5.32 Å². The molecule has 1 aliphatic rings. The summed E-state index contributed by atoms with van der Waals surface area (Å²) in [5, 5.41) is 12.9. The number of hydrogen-bond acceptors (Lipinski definition) is 4. The molecule has 0 aromatic carbocycles. The SMILES string of the molecule is OCC1(NCc2ncccn2)CCCCC1. The molecule has 1 fully saturated rings. The van der Waals surface area contributed by atoms with Crippen molar-refractivity contribution in [1.29, 1.82) is 0 Å². The van der Waals surface area contributed by atoms with E-state index in [1.807, 2.05) is 6.07 Å². The normalized spacial score (nSPS) is 19.6. The van der Waals surface area contributed by atoms with E-state index in [-0.39, 0.29) is 12.1 Å². The van der Waals surface area contributed by atoms with Gasteiger partial charge in [0, 0.05) is 17.9 Å². The first-order valence-electron chi connectivity index (χ1n) is 5.96. The van der Waals surface area contributed by atoms with Gasteiger partial charge in [-0.05, 0) is 18.9 Å². The Hall–Kier alpha value is -1.00. The molecule has 0 atom stereocenters. The zero-order valence-corrected chi connectivity index (χ0v) is 9.52. The van der Waals surface area contributed by atoms with Gasteiger partial charge in [0.15, 0.2) is 0 Å². The maximum atomic E-state index is 9.52. The summed E-state index contributed by atoms with van der Waals surface area (Å²) in [5.74, 6) is 0.792. The molecule has 2 N–H and O–H groups in total. The van der Waals surface area contributed by atoms with Crippen LogP contribution in [0.4, 0.5) is 0 Å². The summed E-state index contributed by atoms with van der Waals surface area (Å²) in [4.78, 5) is 8.35. The Labute approximate surface area is 96.1 Å².